The highest BCUT2D eigenvalue weighted by Gasteiger charge is 2.07. The zero-order valence-electron chi connectivity index (χ0n) is 29.8. The van der Waals surface area contributed by atoms with E-state index in [1.54, 1.807) is 0 Å². The van der Waals surface area contributed by atoms with E-state index in [1.165, 1.54) is 38.6 Å². The van der Waals surface area contributed by atoms with Gasteiger partial charge in [0.05, 0.1) is 0 Å². The van der Waals surface area contributed by atoms with E-state index >= 15 is 0 Å². The number of pyridine rings is 2. The van der Waals surface area contributed by atoms with Gasteiger partial charge in [-0.2, -0.15) is 0 Å². The maximum Gasteiger partial charge on any atom is 0.0273 e. The molecule has 256 valence electrons. The third-order valence-corrected chi connectivity index (χ3v) is 9.49. The molecule has 0 fully saturated rings. The van der Waals surface area contributed by atoms with E-state index in [9.17, 15) is 0 Å². The molecule has 0 unspecified atom stereocenters. The average Bonchev–Trinajstić information content (AvgIpc) is 3.25. The van der Waals surface area contributed by atoms with Crippen molar-refractivity contribution in [3.8, 4) is 0 Å². The first kappa shape index (κ1) is 34.0. The molecule has 0 saturated heterocycles. The number of hydrogen-bond donors (Lipinski definition) is 0. The van der Waals surface area contributed by atoms with Crippen LogP contribution in [0.4, 0.5) is 0 Å². The minimum Gasteiger partial charge on any atom is -0.265 e. The molecule has 54 heavy (non-hydrogen) atoms. The molecule has 2 heterocycles. The van der Waals surface area contributed by atoms with E-state index in [2.05, 4.69) is 210 Å². The fraction of sp³-hybridized carbons (Fsp3) is 0. The highest BCUT2D eigenvalue weighted by atomic mass is 14.6. The van der Waals surface area contributed by atoms with E-state index in [4.69, 9.17) is 0 Å². The summed E-state index contributed by atoms with van der Waals surface area (Å²) >= 11 is 0. The molecule has 0 aliphatic carbocycles. The Labute approximate surface area is 317 Å². The first-order valence-electron chi connectivity index (χ1n) is 18.2. The Balaban J connectivity index is 1.03. The van der Waals surface area contributed by atoms with Crippen molar-refractivity contribution in [3.63, 3.8) is 0 Å². The summed E-state index contributed by atoms with van der Waals surface area (Å²) in [4.78, 5) is 8.44. The minimum absolute atomic E-state index is 1.14. The van der Waals surface area contributed by atoms with Crippen molar-refractivity contribution < 1.29 is 0 Å². The van der Waals surface area contributed by atoms with Crippen LogP contribution < -0.4 is 0 Å². The van der Waals surface area contributed by atoms with Gasteiger partial charge in [-0.25, -0.2) is 0 Å². The van der Waals surface area contributed by atoms with Crippen molar-refractivity contribution in [1.29, 1.82) is 0 Å². The van der Waals surface area contributed by atoms with Crippen LogP contribution in [0.5, 0.6) is 0 Å². The van der Waals surface area contributed by atoms with Crippen LogP contribution in [0.3, 0.4) is 0 Å². The molecule has 0 spiro atoms. The molecule has 2 aromatic heterocycles. The second-order valence-corrected chi connectivity index (χ2v) is 13.2. The van der Waals surface area contributed by atoms with Gasteiger partial charge in [0.25, 0.3) is 0 Å². The Kier molecular flexibility index (Phi) is 10.3. The zero-order valence-corrected chi connectivity index (χ0v) is 29.8. The fourth-order valence-electron chi connectivity index (χ4n) is 6.68. The zero-order chi connectivity index (χ0) is 36.4. The number of benzene rings is 6. The molecule has 0 atom stereocenters. The Morgan fingerprint density at radius 3 is 1.26 bits per heavy atom. The van der Waals surface area contributed by atoms with Crippen molar-refractivity contribution in [2.24, 2.45) is 0 Å². The van der Waals surface area contributed by atoms with Gasteiger partial charge in [0, 0.05) is 24.8 Å². The maximum atomic E-state index is 4.22. The lowest BCUT2D eigenvalue weighted by atomic mass is 9.96. The molecular formula is C52H38N2. The van der Waals surface area contributed by atoms with Crippen LogP contribution in [0.25, 0.3) is 58.4 Å². The normalized spacial score (nSPS) is 12.1. The molecule has 0 saturated carbocycles. The second-order valence-electron chi connectivity index (χ2n) is 13.2. The Morgan fingerprint density at radius 1 is 0.333 bits per heavy atom. The lowest BCUT2D eigenvalue weighted by Gasteiger charge is -2.09. The summed E-state index contributed by atoms with van der Waals surface area (Å²) < 4.78 is 0. The molecule has 0 N–H and O–H groups in total. The highest BCUT2D eigenvalue weighted by Crippen LogP contribution is 2.29. The Bertz CT molecular complexity index is 2500. The predicted molar refractivity (Wildman–Crippen MR) is 230 cm³/mol. The summed E-state index contributed by atoms with van der Waals surface area (Å²) in [5.74, 6) is 0. The number of hydrogen-bond acceptors (Lipinski definition) is 2. The maximum absolute atomic E-state index is 4.22. The van der Waals surface area contributed by atoms with Crippen LogP contribution in [0.15, 0.2) is 195 Å². The number of nitrogens with zero attached hydrogens (tertiary/aromatic N) is 2. The van der Waals surface area contributed by atoms with Crippen LogP contribution in [-0.2, 0) is 0 Å². The van der Waals surface area contributed by atoms with Gasteiger partial charge in [-0.1, -0.05) is 158 Å². The van der Waals surface area contributed by atoms with Crippen molar-refractivity contribution in [2.45, 2.75) is 0 Å². The second kappa shape index (κ2) is 16.5. The van der Waals surface area contributed by atoms with Crippen LogP contribution in [-0.4, -0.2) is 9.97 Å². The molecule has 2 nitrogen and oxygen atoms in total. The molecule has 0 radical (unpaired) electrons. The summed E-state index contributed by atoms with van der Waals surface area (Å²) in [6.07, 6.45) is 20.7. The third-order valence-electron chi connectivity index (χ3n) is 9.49. The summed E-state index contributed by atoms with van der Waals surface area (Å²) in [5, 5.41) is 2.45. The third kappa shape index (κ3) is 8.31. The van der Waals surface area contributed by atoms with Crippen LogP contribution in [0, 0.1) is 0 Å². The predicted octanol–water partition coefficient (Wildman–Crippen LogP) is 13.1. The summed E-state index contributed by atoms with van der Waals surface area (Å²) in [6.45, 7) is 0. The van der Waals surface area contributed by atoms with E-state index in [-0.39, 0.29) is 0 Å². The molecule has 0 amide bonds. The standard InChI is InChI=1S/C52H38N2/c1-3-9-44(10-4-1)51(46-27-31-53-32-28-46)37-41-20-15-39(16-21-41)19-24-43-35-48-13-7-8-14-50(48)49(36-43)26-25-40-17-22-42(23-18-40)38-52(45-11-5-2-6-12-45)47-29-33-54-34-30-47/h1-38H/b24-19-,26-25-,51-37-,52-38-. The summed E-state index contributed by atoms with van der Waals surface area (Å²) in [7, 11) is 0. The van der Waals surface area contributed by atoms with Gasteiger partial charge < -0.3 is 0 Å². The molecule has 8 aromatic rings. The number of fused-ring (bicyclic) bond motifs is 1. The van der Waals surface area contributed by atoms with Crippen molar-refractivity contribution in [2.75, 3.05) is 0 Å². The number of aromatic nitrogens is 2. The van der Waals surface area contributed by atoms with Crippen molar-refractivity contribution in [3.05, 3.63) is 250 Å². The Morgan fingerprint density at radius 2 is 0.741 bits per heavy atom. The quantitative estimate of drug-likeness (QED) is 0.134. The van der Waals surface area contributed by atoms with Gasteiger partial charge in [-0.3, -0.25) is 9.97 Å². The topological polar surface area (TPSA) is 25.8 Å². The average molecular weight is 691 g/mol. The lowest BCUT2D eigenvalue weighted by molar-refractivity contribution is 1.32. The van der Waals surface area contributed by atoms with Crippen LogP contribution >= 0.6 is 0 Å². The molecule has 8 rings (SSSR count). The molecule has 6 aromatic carbocycles. The van der Waals surface area contributed by atoms with Gasteiger partial charge in [-0.15, -0.1) is 0 Å². The van der Waals surface area contributed by atoms with Gasteiger partial charge in [0.1, 0.15) is 0 Å². The van der Waals surface area contributed by atoms with Gasteiger partial charge in [-0.05, 0) is 126 Å². The van der Waals surface area contributed by atoms with Crippen molar-refractivity contribution >= 4 is 58.4 Å². The largest absolute Gasteiger partial charge is 0.265 e. The van der Waals surface area contributed by atoms with Crippen molar-refractivity contribution in [1.82, 2.24) is 9.97 Å². The van der Waals surface area contributed by atoms with E-state index < -0.39 is 0 Å². The SMILES string of the molecule is C(=C/c1cc(/C=C\c2ccc(/C=C(/c3ccccc3)c3ccncc3)cc2)c2ccccc2c1)/c1ccc(/C=C(/c2ccccc2)c2ccncc2)cc1. The first-order chi connectivity index (χ1) is 26.7. The van der Waals surface area contributed by atoms with Gasteiger partial charge >= 0.3 is 0 Å². The first-order valence-corrected chi connectivity index (χ1v) is 18.2. The lowest BCUT2D eigenvalue weighted by Crippen LogP contribution is -1.88. The fourth-order valence-corrected chi connectivity index (χ4v) is 6.68. The highest BCUT2D eigenvalue weighted by molar-refractivity contribution is 5.96. The van der Waals surface area contributed by atoms with Crippen LogP contribution in [0.2, 0.25) is 0 Å². The van der Waals surface area contributed by atoms with E-state index in [1.807, 2.05) is 30.9 Å². The Hall–Kier alpha value is -7.16. The van der Waals surface area contributed by atoms with Gasteiger partial charge in [0.2, 0.25) is 0 Å². The monoisotopic (exact) mass is 690 g/mol. The molecule has 0 bridgehead atoms. The van der Waals surface area contributed by atoms with E-state index in [0.717, 1.165) is 38.9 Å². The number of rotatable bonds is 10. The van der Waals surface area contributed by atoms with Crippen LogP contribution in [0.1, 0.15) is 55.6 Å². The summed E-state index contributed by atoms with van der Waals surface area (Å²) in [5.41, 5.74) is 13.9. The summed E-state index contributed by atoms with van der Waals surface area (Å²) in [6, 6.07) is 59.8. The molecule has 0 aliphatic heterocycles. The molecule has 2 heteroatoms. The van der Waals surface area contributed by atoms with E-state index in [0.29, 0.717) is 0 Å². The van der Waals surface area contributed by atoms with Gasteiger partial charge in [0.15, 0.2) is 0 Å². The minimum atomic E-state index is 1.14. The molecular weight excluding hydrogens is 653 g/mol. The smallest absolute Gasteiger partial charge is 0.0273 e. The molecule has 0 aliphatic rings.